The summed E-state index contributed by atoms with van der Waals surface area (Å²) in [5.74, 6) is 1.50. The third kappa shape index (κ3) is 1.07. The third-order valence-electron chi connectivity index (χ3n) is 3.89. The molecule has 0 aliphatic heterocycles. The highest BCUT2D eigenvalue weighted by Crippen LogP contribution is 2.52. The highest BCUT2D eigenvalue weighted by molar-refractivity contribution is 6.21. The lowest BCUT2D eigenvalue weighted by atomic mass is 9.78. The van der Waals surface area contributed by atoms with Crippen LogP contribution in [0, 0.1) is 0 Å². The summed E-state index contributed by atoms with van der Waals surface area (Å²) in [4.78, 5) is 0. The first-order chi connectivity index (χ1) is 6.77. The van der Waals surface area contributed by atoms with Gasteiger partial charge in [-0.1, -0.05) is 25.1 Å². The summed E-state index contributed by atoms with van der Waals surface area (Å²) < 4.78 is 0. The molecule has 0 saturated heterocycles. The van der Waals surface area contributed by atoms with Crippen LogP contribution in [0.5, 0.6) is 0 Å². The lowest BCUT2D eigenvalue weighted by Crippen LogP contribution is -2.09. The summed E-state index contributed by atoms with van der Waals surface area (Å²) in [7, 11) is 0. The van der Waals surface area contributed by atoms with Gasteiger partial charge in [0.25, 0.3) is 0 Å². The summed E-state index contributed by atoms with van der Waals surface area (Å²) in [5, 5.41) is 0.278. The first-order valence-corrected chi connectivity index (χ1v) is 5.98. The van der Waals surface area contributed by atoms with Gasteiger partial charge in [0.15, 0.2) is 0 Å². The Hall–Kier alpha value is -0.490. The van der Waals surface area contributed by atoms with E-state index in [2.05, 4.69) is 25.1 Å². The van der Waals surface area contributed by atoms with Gasteiger partial charge in [-0.25, -0.2) is 0 Å². The fraction of sp³-hybridized carbons (Fsp3) is 0.538. The quantitative estimate of drug-likeness (QED) is 0.554. The van der Waals surface area contributed by atoms with Gasteiger partial charge in [0.05, 0.1) is 5.38 Å². The van der Waals surface area contributed by atoms with Crippen LogP contribution < -0.4 is 0 Å². The first kappa shape index (κ1) is 8.79. The van der Waals surface area contributed by atoms with Gasteiger partial charge in [0.1, 0.15) is 0 Å². The Balaban J connectivity index is 2.22. The van der Waals surface area contributed by atoms with Crippen LogP contribution in [0.15, 0.2) is 18.2 Å². The van der Waals surface area contributed by atoms with Gasteiger partial charge in [-0.2, -0.15) is 0 Å². The van der Waals surface area contributed by atoms with Crippen LogP contribution in [0.3, 0.4) is 0 Å². The maximum Gasteiger partial charge on any atom is 0.0593 e. The minimum atomic E-state index is 0.278. The van der Waals surface area contributed by atoms with Crippen molar-refractivity contribution < 1.29 is 0 Å². The second-order valence-corrected chi connectivity index (χ2v) is 5.26. The summed E-state index contributed by atoms with van der Waals surface area (Å²) in [5.41, 5.74) is 4.59. The molecule has 0 spiro atoms. The van der Waals surface area contributed by atoms with Gasteiger partial charge < -0.3 is 0 Å². The van der Waals surface area contributed by atoms with Crippen molar-refractivity contribution in [3.63, 3.8) is 0 Å². The lowest BCUT2D eigenvalue weighted by molar-refractivity contribution is 0.503. The van der Waals surface area contributed by atoms with Crippen molar-refractivity contribution in [2.24, 2.45) is 0 Å². The fourth-order valence-corrected chi connectivity index (χ4v) is 3.54. The second kappa shape index (κ2) is 3.00. The normalized spacial score (nSPS) is 34.3. The zero-order valence-corrected chi connectivity index (χ0v) is 9.22. The zero-order chi connectivity index (χ0) is 9.71. The standard InChI is InChI=1S/C13H15Cl/c1-8-5-6-9-7-12(14)11-4-2-3-10(8)13(9)11/h2-4,8-9,12H,5-7H2,1H3. The van der Waals surface area contributed by atoms with E-state index in [1.54, 1.807) is 11.1 Å². The molecule has 0 bridgehead atoms. The molecule has 0 nitrogen and oxygen atoms in total. The Bertz CT molecular complexity index is 369. The van der Waals surface area contributed by atoms with Gasteiger partial charge in [-0.15, -0.1) is 11.6 Å². The molecule has 3 rings (SSSR count). The van der Waals surface area contributed by atoms with E-state index in [0.717, 1.165) is 11.8 Å². The number of hydrogen-bond donors (Lipinski definition) is 0. The summed E-state index contributed by atoms with van der Waals surface area (Å²) in [6.07, 6.45) is 3.85. The molecule has 14 heavy (non-hydrogen) atoms. The van der Waals surface area contributed by atoms with Crippen molar-refractivity contribution in [2.75, 3.05) is 0 Å². The monoisotopic (exact) mass is 206 g/mol. The van der Waals surface area contributed by atoms with Crippen molar-refractivity contribution >= 4 is 11.6 Å². The first-order valence-electron chi connectivity index (χ1n) is 5.54. The van der Waals surface area contributed by atoms with E-state index in [1.165, 1.54) is 24.8 Å². The Kier molecular flexibility index (Phi) is 1.88. The van der Waals surface area contributed by atoms with Crippen LogP contribution in [-0.2, 0) is 0 Å². The highest BCUT2D eigenvalue weighted by Gasteiger charge is 2.35. The van der Waals surface area contributed by atoms with Crippen molar-refractivity contribution in [1.82, 2.24) is 0 Å². The molecule has 0 fully saturated rings. The molecule has 1 aromatic rings. The molecule has 1 aromatic carbocycles. The Labute approximate surface area is 90.3 Å². The van der Waals surface area contributed by atoms with Crippen molar-refractivity contribution in [3.05, 3.63) is 34.9 Å². The zero-order valence-electron chi connectivity index (χ0n) is 8.46. The molecule has 3 atom stereocenters. The second-order valence-electron chi connectivity index (χ2n) is 4.73. The van der Waals surface area contributed by atoms with E-state index in [-0.39, 0.29) is 5.38 Å². The molecule has 0 saturated carbocycles. The van der Waals surface area contributed by atoms with E-state index >= 15 is 0 Å². The largest absolute Gasteiger partial charge is 0.118 e. The van der Waals surface area contributed by atoms with Gasteiger partial charge in [0, 0.05) is 0 Å². The maximum absolute atomic E-state index is 6.36. The smallest absolute Gasteiger partial charge is 0.0593 e. The molecular formula is C13H15Cl. The number of benzene rings is 1. The van der Waals surface area contributed by atoms with Gasteiger partial charge >= 0.3 is 0 Å². The van der Waals surface area contributed by atoms with Crippen LogP contribution in [0.4, 0.5) is 0 Å². The Morgan fingerprint density at radius 2 is 2.00 bits per heavy atom. The van der Waals surface area contributed by atoms with E-state index in [1.807, 2.05) is 0 Å². The molecule has 2 aliphatic rings. The third-order valence-corrected chi connectivity index (χ3v) is 4.30. The van der Waals surface area contributed by atoms with Crippen molar-refractivity contribution in [1.29, 1.82) is 0 Å². The summed E-state index contributed by atoms with van der Waals surface area (Å²) in [6.45, 7) is 2.34. The number of alkyl halides is 1. The average Bonchev–Trinajstić information content (AvgIpc) is 2.52. The molecular weight excluding hydrogens is 192 g/mol. The van der Waals surface area contributed by atoms with Crippen molar-refractivity contribution in [2.45, 2.75) is 43.4 Å². The minimum absolute atomic E-state index is 0.278. The number of hydrogen-bond acceptors (Lipinski definition) is 0. The molecule has 0 heterocycles. The summed E-state index contributed by atoms with van der Waals surface area (Å²) in [6, 6.07) is 6.69. The molecule has 0 radical (unpaired) electrons. The molecule has 2 aliphatic carbocycles. The highest BCUT2D eigenvalue weighted by atomic mass is 35.5. The molecule has 0 aromatic heterocycles. The Morgan fingerprint density at radius 3 is 2.86 bits per heavy atom. The fourth-order valence-electron chi connectivity index (χ4n) is 3.14. The Morgan fingerprint density at radius 1 is 1.21 bits per heavy atom. The topological polar surface area (TPSA) is 0 Å². The molecule has 3 unspecified atom stereocenters. The lowest BCUT2D eigenvalue weighted by Gasteiger charge is -2.26. The van der Waals surface area contributed by atoms with E-state index in [0.29, 0.717) is 0 Å². The molecule has 1 heteroatoms. The summed E-state index contributed by atoms with van der Waals surface area (Å²) >= 11 is 6.36. The molecule has 0 N–H and O–H groups in total. The van der Waals surface area contributed by atoms with Gasteiger partial charge in [-0.3, -0.25) is 0 Å². The van der Waals surface area contributed by atoms with E-state index in [9.17, 15) is 0 Å². The number of rotatable bonds is 0. The van der Waals surface area contributed by atoms with Gasteiger partial charge in [0.2, 0.25) is 0 Å². The number of halogens is 1. The van der Waals surface area contributed by atoms with Crippen LogP contribution >= 0.6 is 11.6 Å². The predicted octanol–water partition coefficient (Wildman–Crippen LogP) is 4.35. The van der Waals surface area contributed by atoms with Crippen LogP contribution in [0.1, 0.15) is 60.1 Å². The SMILES string of the molecule is CC1CCC2CC(Cl)c3cccc1c32. The average molecular weight is 207 g/mol. The maximum atomic E-state index is 6.36. The van der Waals surface area contributed by atoms with Crippen LogP contribution in [0.25, 0.3) is 0 Å². The van der Waals surface area contributed by atoms with E-state index < -0.39 is 0 Å². The minimum Gasteiger partial charge on any atom is -0.118 e. The van der Waals surface area contributed by atoms with Crippen molar-refractivity contribution in [3.8, 4) is 0 Å². The molecule has 74 valence electrons. The predicted molar refractivity (Wildman–Crippen MR) is 60.0 cm³/mol. The van der Waals surface area contributed by atoms with Crippen LogP contribution in [0.2, 0.25) is 0 Å². The molecule has 0 amide bonds. The van der Waals surface area contributed by atoms with Crippen LogP contribution in [-0.4, -0.2) is 0 Å². The van der Waals surface area contributed by atoms with Gasteiger partial charge in [-0.05, 0) is 47.8 Å². The van der Waals surface area contributed by atoms with E-state index in [4.69, 9.17) is 11.6 Å².